The third kappa shape index (κ3) is 3.98. The Bertz CT molecular complexity index is 1260. The van der Waals surface area contributed by atoms with Gasteiger partial charge in [0.05, 0.1) is 32.3 Å². The van der Waals surface area contributed by atoms with Crippen molar-refractivity contribution in [1.29, 1.82) is 0 Å². The van der Waals surface area contributed by atoms with E-state index in [-0.39, 0.29) is 17.2 Å². The Morgan fingerprint density at radius 2 is 1.58 bits per heavy atom. The van der Waals surface area contributed by atoms with Gasteiger partial charge in [0.15, 0.2) is 17.3 Å². The molecule has 0 saturated carbocycles. The minimum Gasteiger partial charge on any atom is -0.493 e. The lowest BCUT2D eigenvalue weighted by molar-refractivity contribution is 0.101. The van der Waals surface area contributed by atoms with Crippen molar-refractivity contribution in [3.8, 4) is 17.2 Å². The normalized spacial score (nSPS) is 16.2. The van der Waals surface area contributed by atoms with Crippen LogP contribution in [0.15, 0.2) is 59.6 Å². The molecular weight excluding hydrogens is 444 g/mol. The average Bonchev–Trinajstić information content (AvgIpc) is 3.31. The van der Waals surface area contributed by atoms with Crippen LogP contribution < -0.4 is 14.2 Å². The van der Waals surface area contributed by atoms with Gasteiger partial charge in [0, 0.05) is 30.5 Å². The van der Waals surface area contributed by atoms with E-state index in [1.807, 2.05) is 22.9 Å². The SMILES string of the molecule is COc1cc([C@@H]2c3cccn3CCN2S(=O)(=O)c2ccc(C(C)=O)cc2)cc(OC)c1OC. The van der Waals surface area contributed by atoms with Crippen LogP contribution in [-0.4, -0.2) is 50.9 Å². The molecule has 4 rings (SSSR count). The van der Waals surface area contributed by atoms with Gasteiger partial charge in [-0.15, -0.1) is 0 Å². The minimum absolute atomic E-state index is 0.120. The highest BCUT2D eigenvalue weighted by molar-refractivity contribution is 7.89. The van der Waals surface area contributed by atoms with Crippen LogP contribution in [0.3, 0.4) is 0 Å². The van der Waals surface area contributed by atoms with Gasteiger partial charge in [-0.2, -0.15) is 4.31 Å². The molecule has 0 spiro atoms. The number of ketones is 1. The van der Waals surface area contributed by atoms with E-state index in [1.54, 1.807) is 12.1 Å². The number of rotatable bonds is 7. The zero-order valence-corrected chi connectivity index (χ0v) is 19.8. The number of aromatic nitrogens is 1. The zero-order valence-electron chi connectivity index (χ0n) is 18.9. The van der Waals surface area contributed by atoms with Gasteiger partial charge >= 0.3 is 0 Å². The summed E-state index contributed by atoms with van der Waals surface area (Å²) in [5, 5.41) is 0. The number of sulfonamides is 1. The molecule has 3 aromatic rings. The number of hydrogen-bond acceptors (Lipinski definition) is 6. The lowest BCUT2D eigenvalue weighted by atomic mass is 10.0. The fourth-order valence-electron chi connectivity index (χ4n) is 4.21. The Hall–Kier alpha value is -3.30. The molecule has 2 aromatic carbocycles. The van der Waals surface area contributed by atoms with Gasteiger partial charge in [-0.05, 0) is 48.9 Å². The van der Waals surface area contributed by atoms with E-state index in [1.165, 1.54) is 56.8 Å². The van der Waals surface area contributed by atoms with Crippen LogP contribution in [-0.2, 0) is 16.6 Å². The summed E-state index contributed by atoms with van der Waals surface area (Å²) in [5.74, 6) is 1.20. The highest BCUT2D eigenvalue weighted by Crippen LogP contribution is 2.44. The predicted molar refractivity (Wildman–Crippen MR) is 123 cm³/mol. The van der Waals surface area contributed by atoms with Crippen molar-refractivity contribution in [2.24, 2.45) is 0 Å². The molecule has 174 valence electrons. The molecule has 0 aliphatic carbocycles. The van der Waals surface area contributed by atoms with Crippen LogP contribution in [0.5, 0.6) is 17.2 Å². The summed E-state index contributed by atoms with van der Waals surface area (Å²) in [7, 11) is 0.687. The molecule has 2 heterocycles. The summed E-state index contributed by atoms with van der Waals surface area (Å²) in [6, 6.07) is 12.8. The van der Waals surface area contributed by atoms with Crippen molar-refractivity contribution >= 4 is 15.8 Å². The van der Waals surface area contributed by atoms with Crippen molar-refractivity contribution < 1.29 is 27.4 Å². The molecule has 0 N–H and O–H groups in total. The smallest absolute Gasteiger partial charge is 0.244 e. The summed E-state index contributed by atoms with van der Waals surface area (Å²) < 4.78 is 47.5. The first-order valence-electron chi connectivity index (χ1n) is 10.4. The van der Waals surface area contributed by atoms with Gasteiger partial charge in [-0.25, -0.2) is 8.42 Å². The molecule has 0 bridgehead atoms. The summed E-state index contributed by atoms with van der Waals surface area (Å²) in [6.07, 6.45) is 1.94. The highest BCUT2D eigenvalue weighted by Gasteiger charge is 2.38. The van der Waals surface area contributed by atoms with Crippen molar-refractivity contribution in [2.75, 3.05) is 27.9 Å². The number of hydrogen-bond donors (Lipinski definition) is 0. The second-order valence-corrected chi connectivity index (χ2v) is 9.57. The third-order valence-corrected chi connectivity index (χ3v) is 7.74. The fourth-order valence-corrected chi connectivity index (χ4v) is 5.79. The maximum Gasteiger partial charge on any atom is 0.244 e. The van der Waals surface area contributed by atoms with Gasteiger partial charge in [0.25, 0.3) is 0 Å². The number of fused-ring (bicyclic) bond motifs is 1. The largest absolute Gasteiger partial charge is 0.493 e. The standard InChI is InChI=1S/C24H26N2O6S/c1-16(27)17-7-9-19(10-8-17)33(28,29)26-13-12-25-11-5-6-20(25)23(26)18-14-21(30-2)24(32-4)22(15-18)31-3/h5-11,14-15,23H,12-13H2,1-4H3/t23-/m1/s1. The highest BCUT2D eigenvalue weighted by atomic mass is 32.2. The van der Waals surface area contributed by atoms with Crippen LogP contribution in [0.1, 0.15) is 34.6 Å². The fraction of sp³-hybridized carbons (Fsp3) is 0.292. The summed E-state index contributed by atoms with van der Waals surface area (Å²) >= 11 is 0. The molecule has 0 amide bonds. The Labute approximate surface area is 193 Å². The summed E-state index contributed by atoms with van der Waals surface area (Å²) in [6.45, 7) is 2.25. The second kappa shape index (κ2) is 8.92. The van der Waals surface area contributed by atoms with Crippen LogP contribution >= 0.6 is 0 Å². The third-order valence-electron chi connectivity index (χ3n) is 5.86. The van der Waals surface area contributed by atoms with Crippen LogP contribution in [0, 0.1) is 0 Å². The number of carbonyl (C=O) groups is 1. The van der Waals surface area contributed by atoms with Crippen LogP contribution in [0.4, 0.5) is 0 Å². The zero-order chi connectivity index (χ0) is 23.8. The number of ether oxygens (including phenoxy) is 3. The van der Waals surface area contributed by atoms with E-state index in [4.69, 9.17) is 14.2 Å². The first-order chi connectivity index (χ1) is 15.8. The van der Waals surface area contributed by atoms with Crippen LogP contribution in [0.25, 0.3) is 0 Å². The first-order valence-corrected chi connectivity index (χ1v) is 11.8. The Kier molecular flexibility index (Phi) is 6.18. The molecule has 0 unspecified atom stereocenters. The second-order valence-electron chi connectivity index (χ2n) is 7.68. The Morgan fingerprint density at radius 1 is 0.939 bits per heavy atom. The lowest BCUT2D eigenvalue weighted by Crippen LogP contribution is -2.42. The number of Topliss-reactive ketones (excluding diaryl/α,β-unsaturated/α-hetero) is 1. The van der Waals surface area contributed by atoms with E-state index >= 15 is 0 Å². The van der Waals surface area contributed by atoms with Gasteiger partial charge in [-0.3, -0.25) is 4.79 Å². The average molecular weight is 471 g/mol. The van der Waals surface area contributed by atoms with Crippen LogP contribution in [0.2, 0.25) is 0 Å². The van der Waals surface area contributed by atoms with Crippen molar-refractivity contribution in [1.82, 2.24) is 8.87 Å². The van der Waals surface area contributed by atoms with E-state index in [0.717, 1.165) is 5.69 Å². The number of carbonyl (C=O) groups excluding carboxylic acids is 1. The van der Waals surface area contributed by atoms with E-state index in [2.05, 4.69) is 0 Å². The molecule has 0 fully saturated rings. The number of methoxy groups -OCH3 is 3. The predicted octanol–water partition coefficient (Wildman–Crippen LogP) is 3.51. The maximum atomic E-state index is 13.8. The van der Waals surface area contributed by atoms with E-state index < -0.39 is 16.1 Å². The molecular formula is C24H26N2O6S. The molecule has 1 aliphatic heterocycles. The molecule has 33 heavy (non-hydrogen) atoms. The van der Waals surface area contributed by atoms with Crippen molar-refractivity contribution in [3.63, 3.8) is 0 Å². The van der Waals surface area contributed by atoms with Gasteiger partial charge in [0.2, 0.25) is 15.8 Å². The molecule has 1 aromatic heterocycles. The summed E-state index contributed by atoms with van der Waals surface area (Å²) in [5.41, 5.74) is 1.98. The molecule has 8 nitrogen and oxygen atoms in total. The molecule has 9 heteroatoms. The monoisotopic (exact) mass is 470 g/mol. The minimum atomic E-state index is -3.88. The van der Waals surface area contributed by atoms with E-state index in [9.17, 15) is 13.2 Å². The molecule has 0 radical (unpaired) electrons. The number of benzene rings is 2. The Morgan fingerprint density at radius 3 is 2.12 bits per heavy atom. The summed E-state index contributed by atoms with van der Waals surface area (Å²) in [4.78, 5) is 11.8. The number of nitrogens with zero attached hydrogens (tertiary/aromatic N) is 2. The van der Waals surface area contributed by atoms with Gasteiger partial charge in [0.1, 0.15) is 0 Å². The van der Waals surface area contributed by atoms with Gasteiger partial charge < -0.3 is 18.8 Å². The van der Waals surface area contributed by atoms with Crippen molar-refractivity contribution in [2.45, 2.75) is 24.4 Å². The lowest BCUT2D eigenvalue weighted by Gasteiger charge is -2.36. The van der Waals surface area contributed by atoms with E-state index in [0.29, 0.717) is 34.9 Å². The first kappa shape index (κ1) is 22.9. The maximum absolute atomic E-state index is 13.8. The van der Waals surface area contributed by atoms with Crippen molar-refractivity contribution in [3.05, 3.63) is 71.5 Å². The van der Waals surface area contributed by atoms with Gasteiger partial charge in [-0.1, -0.05) is 12.1 Å². The topological polar surface area (TPSA) is 87.1 Å². The quantitative estimate of drug-likeness (QED) is 0.491. The molecule has 1 aliphatic rings. The molecule has 0 saturated heterocycles. The molecule has 1 atom stereocenters. The Balaban J connectivity index is 1.86.